The first-order valence-electron chi connectivity index (χ1n) is 6.60. The lowest BCUT2D eigenvalue weighted by Crippen LogP contribution is -2.44. The zero-order valence-electron chi connectivity index (χ0n) is 10.5. The topological polar surface area (TPSA) is 53.1 Å². The molecule has 1 aliphatic heterocycles. The highest BCUT2D eigenvalue weighted by molar-refractivity contribution is 5.31. The number of hydrogen-bond acceptors (Lipinski definition) is 3. The molecule has 0 bridgehead atoms. The first kappa shape index (κ1) is 11.2. The molecule has 1 aromatic heterocycles. The van der Waals surface area contributed by atoms with Crippen LogP contribution in [-0.2, 0) is 17.3 Å². The Bertz CT molecular complexity index is 403. The van der Waals surface area contributed by atoms with Crippen molar-refractivity contribution >= 4 is 0 Å². The number of aryl methyl sites for hydroxylation is 1. The maximum atomic E-state index is 6.46. The molecule has 94 valence electrons. The van der Waals surface area contributed by atoms with E-state index in [4.69, 9.17) is 10.5 Å². The molecule has 1 saturated heterocycles. The Morgan fingerprint density at radius 1 is 1.41 bits per heavy atom. The van der Waals surface area contributed by atoms with E-state index in [1.807, 2.05) is 11.7 Å². The summed E-state index contributed by atoms with van der Waals surface area (Å²) in [6.45, 7) is 1.72. The fourth-order valence-electron chi connectivity index (χ4n) is 2.99. The van der Waals surface area contributed by atoms with E-state index >= 15 is 0 Å². The second-order valence-corrected chi connectivity index (χ2v) is 5.50. The summed E-state index contributed by atoms with van der Waals surface area (Å²) in [5.74, 6) is 0.543. The Morgan fingerprint density at radius 2 is 2.12 bits per heavy atom. The van der Waals surface area contributed by atoms with Crippen LogP contribution in [-0.4, -0.2) is 23.0 Å². The van der Waals surface area contributed by atoms with Gasteiger partial charge in [-0.3, -0.25) is 4.68 Å². The number of hydrogen-bond donors (Lipinski definition) is 1. The minimum absolute atomic E-state index is 0.0953. The lowest BCUT2D eigenvalue weighted by molar-refractivity contribution is 0.0836. The zero-order valence-corrected chi connectivity index (χ0v) is 10.5. The Labute approximate surface area is 102 Å². The van der Waals surface area contributed by atoms with E-state index in [0.29, 0.717) is 5.92 Å². The van der Waals surface area contributed by atoms with Crippen LogP contribution < -0.4 is 5.73 Å². The molecule has 0 unspecified atom stereocenters. The third kappa shape index (κ3) is 1.89. The van der Waals surface area contributed by atoms with Gasteiger partial charge in [-0.2, -0.15) is 5.10 Å². The van der Waals surface area contributed by atoms with Gasteiger partial charge in [0.1, 0.15) is 0 Å². The third-order valence-electron chi connectivity index (χ3n) is 4.25. The number of ether oxygens (including phenoxy) is 1. The predicted octanol–water partition coefficient (Wildman–Crippen LogP) is 1.65. The summed E-state index contributed by atoms with van der Waals surface area (Å²) in [4.78, 5) is 0. The lowest BCUT2D eigenvalue weighted by atomic mass is 9.71. The van der Waals surface area contributed by atoms with E-state index in [0.717, 1.165) is 38.9 Å². The van der Waals surface area contributed by atoms with Crippen LogP contribution >= 0.6 is 0 Å². The smallest absolute Gasteiger partial charge is 0.0707 e. The Hall–Kier alpha value is -0.870. The van der Waals surface area contributed by atoms with E-state index < -0.39 is 0 Å². The molecule has 4 heteroatoms. The van der Waals surface area contributed by atoms with Crippen LogP contribution in [0.2, 0.25) is 0 Å². The SMILES string of the molecule is Cn1cc(C2(N)CCC2)c(C2CCOCC2)n1. The van der Waals surface area contributed by atoms with Gasteiger partial charge in [-0.15, -0.1) is 0 Å². The molecule has 1 aliphatic carbocycles. The average Bonchev–Trinajstić information content (AvgIpc) is 2.70. The fraction of sp³-hybridized carbons (Fsp3) is 0.769. The summed E-state index contributed by atoms with van der Waals surface area (Å²) >= 11 is 0. The summed E-state index contributed by atoms with van der Waals surface area (Å²) in [5, 5.41) is 4.66. The van der Waals surface area contributed by atoms with Gasteiger partial charge in [0.25, 0.3) is 0 Å². The van der Waals surface area contributed by atoms with Gasteiger partial charge in [-0.25, -0.2) is 0 Å². The quantitative estimate of drug-likeness (QED) is 0.848. The Balaban J connectivity index is 1.92. The molecule has 0 aromatic carbocycles. The lowest BCUT2D eigenvalue weighted by Gasteiger charge is -2.39. The van der Waals surface area contributed by atoms with Gasteiger partial charge in [0, 0.05) is 43.5 Å². The molecule has 1 saturated carbocycles. The van der Waals surface area contributed by atoms with Gasteiger partial charge in [-0.05, 0) is 32.1 Å². The molecule has 2 N–H and O–H groups in total. The van der Waals surface area contributed by atoms with Crippen molar-refractivity contribution in [1.82, 2.24) is 9.78 Å². The van der Waals surface area contributed by atoms with Crippen molar-refractivity contribution < 1.29 is 4.74 Å². The largest absolute Gasteiger partial charge is 0.381 e. The standard InChI is InChI=1S/C13H21N3O/c1-16-9-11(13(14)5-2-6-13)12(15-16)10-3-7-17-8-4-10/h9-10H,2-8,14H2,1H3. The van der Waals surface area contributed by atoms with Crippen molar-refractivity contribution in [2.24, 2.45) is 12.8 Å². The number of rotatable bonds is 2. The average molecular weight is 235 g/mol. The predicted molar refractivity (Wildman–Crippen MR) is 65.7 cm³/mol. The molecule has 1 aromatic rings. The van der Waals surface area contributed by atoms with Crippen molar-refractivity contribution in [3.63, 3.8) is 0 Å². The molecule has 2 fully saturated rings. The second kappa shape index (κ2) is 4.10. The first-order chi connectivity index (χ1) is 8.19. The van der Waals surface area contributed by atoms with Crippen molar-refractivity contribution in [3.8, 4) is 0 Å². The molecule has 2 heterocycles. The molecule has 4 nitrogen and oxygen atoms in total. The molecule has 2 aliphatic rings. The minimum atomic E-state index is -0.0953. The number of aromatic nitrogens is 2. The highest BCUT2D eigenvalue weighted by Crippen LogP contribution is 2.42. The zero-order chi connectivity index (χ0) is 11.9. The highest BCUT2D eigenvalue weighted by atomic mass is 16.5. The molecule has 3 rings (SSSR count). The molecule has 0 radical (unpaired) electrons. The molecular formula is C13H21N3O. The van der Waals surface area contributed by atoms with Gasteiger partial charge < -0.3 is 10.5 Å². The summed E-state index contributed by atoms with van der Waals surface area (Å²) in [6.07, 6.45) is 7.76. The van der Waals surface area contributed by atoms with Crippen LogP contribution in [0.1, 0.15) is 49.3 Å². The van der Waals surface area contributed by atoms with E-state index in [-0.39, 0.29) is 5.54 Å². The van der Waals surface area contributed by atoms with Crippen LogP contribution in [0.4, 0.5) is 0 Å². The van der Waals surface area contributed by atoms with Crippen LogP contribution in [0, 0.1) is 0 Å². The molecule has 0 atom stereocenters. The van der Waals surface area contributed by atoms with Crippen LogP contribution in [0.5, 0.6) is 0 Å². The van der Waals surface area contributed by atoms with E-state index in [1.165, 1.54) is 17.7 Å². The van der Waals surface area contributed by atoms with Crippen molar-refractivity contribution in [2.75, 3.05) is 13.2 Å². The second-order valence-electron chi connectivity index (χ2n) is 5.50. The van der Waals surface area contributed by atoms with Crippen LogP contribution in [0.25, 0.3) is 0 Å². The van der Waals surface area contributed by atoms with E-state index in [2.05, 4.69) is 11.3 Å². The van der Waals surface area contributed by atoms with E-state index in [1.54, 1.807) is 0 Å². The van der Waals surface area contributed by atoms with Gasteiger partial charge in [0.2, 0.25) is 0 Å². The highest BCUT2D eigenvalue weighted by Gasteiger charge is 2.39. The van der Waals surface area contributed by atoms with E-state index in [9.17, 15) is 0 Å². The van der Waals surface area contributed by atoms with Crippen molar-refractivity contribution in [3.05, 3.63) is 17.5 Å². The summed E-state index contributed by atoms with van der Waals surface area (Å²) in [5.41, 5.74) is 8.89. The maximum absolute atomic E-state index is 6.46. The normalized spacial score (nSPS) is 24.6. The van der Waals surface area contributed by atoms with Gasteiger partial charge in [0.15, 0.2) is 0 Å². The van der Waals surface area contributed by atoms with Gasteiger partial charge >= 0.3 is 0 Å². The summed E-state index contributed by atoms with van der Waals surface area (Å²) < 4.78 is 7.35. The Morgan fingerprint density at radius 3 is 2.71 bits per heavy atom. The van der Waals surface area contributed by atoms with Crippen LogP contribution in [0.3, 0.4) is 0 Å². The summed E-state index contributed by atoms with van der Waals surface area (Å²) in [6, 6.07) is 0. The van der Waals surface area contributed by atoms with Crippen LogP contribution in [0.15, 0.2) is 6.20 Å². The molecular weight excluding hydrogens is 214 g/mol. The van der Waals surface area contributed by atoms with Crippen molar-refractivity contribution in [2.45, 2.75) is 43.6 Å². The number of nitrogens with zero attached hydrogens (tertiary/aromatic N) is 2. The minimum Gasteiger partial charge on any atom is -0.381 e. The van der Waals surface area contributed by atoms with Gasteiger partial charge in [0.05, 0.1) is 5.69 Å². The molecule has 0 spiro atoms. The summed E-state index contributed by atoms with van der Waals surface area (Å²) in [7, 11) is 1.99. The fourth-order valence-corrected chi connectivity index (χ4v) is 2.99. The molecule has 17 heavy (non-hydrogen) atoms. The number of nitrogens with two attached hydrogens (primary N) is 1. The first-order valence-corrected chi connectivity index (χ1v) is 6.60. The van der Waals surface area contributed by atoms with Gasteiger partial charge in [-0.1, -0.05) is 0 Å². The third-order valence-corrected chi connectivity index (χ3v) is 4.25. The maximum Gasteiger partial charge on any atom is 0.0707 e. The van der Waals surface area contributed by atoms with Crippen molar-refractivity contribution in [1.29, 1.82) is 0 Å². The molecule has 0 amide bonds. The monoisotopic (exact) mass is 235 g/mol. The Kier molecular flexibility index (Phi) is 2.71.